The van der Waals surface area contributed by atoms with Crippen LogP contribution in [-0.2, 0) is 0 Å². The SMILES string of the molecule is Cc1cc(NC(=O)NC2CC(C)(C)Oc3ccccc32)n(-c2ccccn2)n1. The van der Waals surface area contributed by atoms with Gasteiger partial charge in [-0.25, -0.2) is 9.78 Å². The van der Waals surface area contributed by atoms with Gasteiger partial charge >= 0.3 is 6.03 Å². The summed E-state index contributed by atoms with van der Waals surface area (Å²) in [5, 5.41) is 10.4. The number of nitrogens with zero attached hydrogens (tertiary/aromatic N) is 3. The van der Waals surface area contributed by atoms with Gasteiger partial charge in [0.15, 0.2) is 5.82 Å². The normalized spacial score (nSPS) is 17.3. The topological polar surface area (TPSA) is 81.1 Å². The first kappa shape index (κ1) is 18.0. The average molecular weight is 377 g/mol. The van der Waals surface area contributed by atoms with Crippen molar-refractivity contribution in [1.29, 1.82) is 0 Å². The van der Waals surface area contributed by atoms with Gasteiger partial charge in [-0.3, -0.25) is 5.32 Å². The number of hydrogen-bond acceptors (Lipinski definition) is 4. The molecule has 2 amide bonds. The Morgan fingerprint density at radius 2 is 2.00 bits per heavy atom. The molecular formula is C21H23N5O2. The Morgan fingerprint density at radius 1 is 1.21 bits per heavy atom. The summed E-state index contributed by atoms with van der Waals surface area (Å²) in [4.78, 5) is 17.1. The van der Waals surface area contributed by atoms with Crippen molar-refractivity contribution in [2.45, 2.75) is 38.8 Å². The Balaban J connectivity index is 1.55. The number of pyridine rings is 1. The standard InChI is InChI=1S/C21H23N5O2/c1-14-12-19(26(25-14)18-10-6-7-11-22-18)24-20(27)23-16-13-21(2,3)28-17-9-5-4-8-15(16)17/h4-12,16H,13H2,1-3H3,(H2,23,24,27). The lowest BCUT2D eigenvalue weighted by molar-refractivity contribution is 0.0683. The Kier molecular flexibility index (Phi) is 4.50. The highest BCUT2D eigenvalue weighted by Gasteiger charge is 2.34. The fourth-order valence-corrected chi connectivity index (χ4v) is 3.48. The van der Waals surface area contributed by atoms with E-state index in [2.05, 4.69) is 20.7 Å². The van der Waals surface area contributed by atoms with E-state index >= 15 is 0 Å². The molecule has 1 aliphatic heterocycles. The van der Waals surface area contributed by atoms with E-state index in [1.165, 1.54) is 0 Å². The second-order valence-corrected chi connectivity index (χ2v) is 7.53. The van der Waals surface area contributed by atoms with Crippen LogP contribution in [-0.4, -0.2) is 26.4 Å². The molecule has 144 valence electrons. The number of carbonyl (C=O) groups is 1. The highest BCUT2D eigenvalue weighted by Crippen LogP contribution is 2.39. The van der Waals surface area contributed by atoms with Gasteiger partial charge in [0.2, 0.25) is 0 Å². The third-order valence-electron chi connectivity index (χ3n) is 4.62. The van der Waals surface area contributed by atoms with Gasteiger partial charge in [-0.1, -0.05) is 24.3 Å². The molecule has 28 heavy (non-hydrogen) atoms. The molecule has 0 radical (unpaired) electrons. The summed E-state index contributed by atoms with van der Waals surface area (Å²) in [6.45, 7) is 5.92. The molecule has 1 atom stereocenters. The number of amides is 2. The number of para-hydroxylation sites is 1. The molecule has 0 fully saturated rings. The van der Waals surface area contributed by atoms with Crippen LogP contribution in [0.5, 0.6) is 5.75 Å². The largest absolute Gasteiger partial charge is 0.487 e. The van der Waals surface area contributed by atoms with Crippen molar-refractivity contribution in [2.24, 2.45) is 0 Å². The van der Waals surface area contributed by atoms with Gasteiger partial charge in [0.05, 0.1) is 11.7 Å². The van der Waals surface area contributed by atoms with Crippen molar-refractivity contribution in [2.75, 3.05) is 5.32 Å². The number of ether oxygens (including phenoxy) is 1. The van der Waals surface area contributed by atoms with E-state index in [1.54, 1.807) is 10.9 Å². The van der Waals surface area contributed by atoms with Crippen LogP contribution in [0.15, 0.2) is 54.7 Å². The number of fused-ring (bicyclic) bond motifs is 1. The number of urea groups is 1. The molecule has 2 aromatic heterocycles. The zero-order valence-electron chi connectivity index (χ0n) is 16.1. The molecule has 3 aromatic rings. The van der Waals surface area contributed by atoms with Crippen LogP contribution in [0, 0.1) is 6.92 Å². The van der Waals surface area contributed by atoms with E-state index in [-0.39, 0.29) is 17.7 Å². The van der Waals surface area contributed by atoms with Crippen molar-refractivity contribution in [3.05, 3.63) is 66.0 Å². The average Bonchev–Trinajstić information content (AvgIpc) is 3.01. The number of benzene rings is 1. The maximum absolute atomic E-state index is 12.8. The fraction of sp³-hybridized carbons (Fsp3) is 0.286. The minimum absolute atomic E-state index is 0.146. The summed E-state index contributed by atoms with van der Waals surface area (Å²) in [6, 6.07) is 14.7. The van der Waals surface area contributed by atoms with Crippen molar-refractivity contribution < 1.29 is 9.53 Å². The summed E-state index contributed by atoms with van der Waals surface area (Å²) in [6.07, 6.45) is 2.37. The van der Waals surface area contributed by atoms with Crippen LogP contribution in [0.2, 0.25) is 0 Å². The van der Waals surface area contributed by atoms with Gasteiger partial charge in [-0.05, 0) is 39.0 Å². The Hall–Kier alpha value is -3.35. The lowest BCUT2D eigenvalue weighted by Crippen LogP contribution is -2.42. The number of nitrogens with one attached hydrogen (secondary N) is 2. The molecule has 3 heterocycles. The molecule has 1 aliphatic rings. The molecule has 1 unspecified atom stereocenters. The predicted molar refractivity (Wildman–Crippen MR) is 107 cm³/mol. The third-order valence-corrected chi connectivity index (χ3v) is 4.62. The zero-order valence-corrected chi connectivity index (χ0v) is 16.1. The van der Waals surface area contributed by atoms with Gasteiger partial charge in [0.25, 0.3) is 0 Å². The summed E-state index contributed by atoms with van der Waals surface area (Å²) >= 11 is 0. The maximum Gasteiger partial charge on any atom is 0.320 e. The van der Waals surface area contributed by atoms with Gasteiger partial charge < -0.3 is 10.1 Å². The van der Waals surface area contributed by atoms with Gasteiger partial charge in [0, 0.05) is 24.2 Å². The molecule has 0 bridgehead atoms. The van der Waals surface area contributed by atoms with Gasteiger partial charge in [-0.2, -0.15) is 9.78 Å². The summed E-state index contributed by atoms with van der Waals surface area (Å²) < 4.78 is 7.66. The number of carbonyl (C=O) groups excluding carboxylic acids is 1. The molecule has 7 heteroatoms. The Bertz CT molecular complexity index is 997. The zero-order chi connectivity index (χ0) is 19.7. The van der Waals surface area contributed by atoms with Gasteiger partial charge in [0.1, 0.15) is 17.2 Å². The molecule has 2 N–H and O–H groups in total. The smallest absolute Gasteiger partial charge is 0.320 e. The van der Waals surface area contributed by atoms with Crippen molar-refractivity contribution in [1.82, 2.24) is 20.1 Å². The number of rotatable bonds is 3. The van der Waals surface area contributed by atoms with Gasteiger partial charge in [-0.15, -0.1) is 0 Å². The summed E-state index contributed by atoms with van der Waals surface area (Å²) in [5.41, 5.74) is 1.41. The number of anilines is 1. The van der Waals surface area contributed by atoms with Crippen molar-refractivity contribution >= 4 is 11.8 Å². The minimum atomic E-state index is -0.362. The van der Waals surface area contributed by atoms with E-state index in [0.717, 1.165) is 17.0 Å². The first-order valence-corrected chi connectivity index (χ1v) is 9.25. The molecule has 0 spiro atoms. The highest BCUT2D eigenvalue weighted by molar-refractivity contribution is 5.89. The second kappa shape index (κ2) is 6.99. The first-order chi connectivity index (χ1) is 13.4. The van der Waals surface area contributed by atoms with E-state index in [9.17, 15) is 4.79 Å². The van der Waals surface area contributed by atoms with Crippen LogP contribution in [0.25, 0.3) is 5.82 Å². The number of hydrogen-bond donors (Lipinski definition) is 2. The lowest BCUT2D eigenvalue weighted by Gasteiger charge is -2.37. The van der Waals surface area contributed by atoms with E-state index in [4.69, 9.17) is 4.74 Å². The lowest BCUT2D eigenvalue weighted by atomic mass is 9.90. The Labute approximate surface area is 163 Å². The molecule has 0 saturated carbocycles. The predicted octanol–water partition coefficient (Wildman–Crippen LogP) is 4.00. The van der Waals surface area contributed by atoms with E-state index in [0.29, 0.717) is 18.1 Å². The first-order valence-electron chi connectivity index (χ1n) is 9.25. The van der Waals surface area contributed by atoms with E-state index < -0.39 is 0 Å². The van der Waals surface area contributed by atoms with Crippen molar-refractivity contribution in [3.63, 3.8) is 0 Å². The summed E-state index contributed by atoms with van der Waals surface area (Å²) in [7, 11) is 0. The second-order valence-electron chi connectivity index (χ2n) is 7.53. The molecule has 0 aliphatic carbocycles. The van der Waals surface area contributed by atoms with Crippen molar-refractivity contribution in [3.8, 4) is 11.6 Å². The van der Waals surface area contributed by atoms with E-state index in [1.807, 2.05) is 69.3 Å². The quantitative estimate of drug-likeness (QED) is 0.723. The Morgan fingerprint density at radius 3 is 2.79 bits per heavy atom. The summed E-state index contributed by atoms with van der Waals surface area (Å²) in [5.74, 6) is 2.01. The fourth-order valence-electron chi connectivity index (χ4n) is 3.48. The monoisotopic (exact) mass is 377 g/mol. The van der Waals surface area contributed by atoms with Crippen LogP contribution in [0.4, 0.5) is 10.6 Å². The molecule has 7 nitrogen and oxygen atoms in total. The van der Waals surface area contributed by atoms with Crippen LogP contribution < -0.4 is 15.4 Å². The molecule has 0 saturated heterocycles. The number of aryl methyl sites for hydroxylation is 1. The molecule has 4 rings (SSSR count). The molecule has 1 aromatic carbocycles. The van der Waals surface area contributed by atoms with Crippen LogP contribution in [0.3, 0.4) is 0 Å². The maximum atomic E-state index is 12.8. The molecular weight excluding hydrogens is 354 g/mol. The van der Waals surface area contributed by atoms with Crippen LogP contribution in [0.1, 0.15) is 37.6 Å². The highest BCUT2D eigenvalue weighted by atomic mass is 16.5. The van der Waals surface area contributed by atoms with Crippen LogP contribution >= 0.6 is 0 Å². The number of aromatic nitrogens is 3. The minimum Gasteiger partial charge on any atom is -0.487 e. The third kappa shape index (κ3) is 3.69.